The van der Waals surface area contributed by atoms with Gasteiger partial charge in [-0.2, -0.15) is 0 Å². The number of hydrogen-bond acceptors (Lipinski definition) is 3. The summed E-state index contributed by atoms with van der Waals surface area (Å²) in [5.41, 5.74) is 0. The fraction of sp³-hybridized carbons (Fsp3) is 0.933. The highest BCUT2D eigenvalue weighted by atomic mass is 16.2. The van der Waals surface area contributed by atoms with Crippen LogP contribution in [0.4, 0.5) is 0 Å². The first kappa shape index (κ1) is 14.8. The van der Waals surface area contributed by atoms with Gasteiger partial charge in [0.1, 0.15) is 0 Å². The number of rotatable bonds is 6. The smallest absolute Gasteiger partial charge is 0.237 e. The van der Waals surface area contributed by atoms with Crippen LogP contribution in [-0.4, -0.2) is 48.6 Å². The molecule has 0 aromatic heterocycles. The van der Waals surface area contributed by atoms with Gasteiger partial charge in [-0.1, -0.05) is 13.3 Å². The van der Waals surface area contributed by atoms with E-state index in [0.717, 1.165) is 25.3 Å². The summed E-state index contributed by atoms with van der Waals surface area (Å²) in [5.74, 6) is 0.922. The van der Waals surface area contributed by atoms with Crippen LogP contribution in [0.25, 0.3) is 0 Å². The Balaban J connectivity index is 1.77. The van der Waals surface area contributed by atoms with Crippen molar-refractivity contribution in [1.82, 2.24) is 15.5 Å². The predicted octanol–water partition coefficient (Wildman–Crippen LogP) is 1.36. The van der Waals surface area contributed by atoms with Crippen molar-refractivity contribution in [3.05, 3.63) is 0 Å². The molecule has 2 bridgehead atoms. The standard InChI is InChI=1S/C15H29N3O/c1-4-5-11(2)16-15(19)12(3)17-14-10-18-8-6-13(14)7-9-18/h11-14,17H,4-10H2,1-3H3,(H,16,19). The molecule has 0 aromatic rings. The maximum Gasteiger partial charge on any atom is 0.237 e. The molecule has 0 spiro atoms. The Hall–Kier alpha value is -0.610. The van der Waals surface area contributed by atoms with Gasteiger partial charge in [-0.15, -0.1) is 0 Å². The van der Waals surface area contributed by atoms with E-state index in [1.165, 1.54) is 25.9 Å². The van der Waals surface area contributed by atoms with Gasteiger partial charge in [-0.3, -0.25) is 4.79 Å². The van der Waals surface area contributed by atoms with Crippen LogP contribution in [0.3, 0.4) is 0 Å². The lowest BCUT2D eigenvalue weighted by atomic mass is 9.83. The van der Waals surface area contributed by atoms with Crippen LogP contribution >= 0.6 is 0 Å². The monoisotopic (exact) mass is 267 g/mol. The molecule has 4 nitrogen and oxygen atoms in total. The van der Waals surface area contributed by atoms with Crippen molar-refractivity contribution < 1.29 is 4.79 Å². The number of fused-ring (bicyclic) bond motifs is 3. The summed E-state index contributed by atoms with van der Waals surface area (Å²) >= 11 is 0. The number of piperidine rings is 3. The summed E-state index contributed by atoms with van der Waals surface area (Å²) in [6, 6.07) is 0.711. The van der Waals surface area contributed by atoms with Crippen LogP contribution in [0.15, 0.2) is 0 Å². The third-order valence-corrected chi connectivity index (χ3v) is 4.62. The molecule has 3 aliphatic heterocycles. The van der Waals surface area contributed by atoms with Gasteiger partial charge in [0.15, 0.2) is 0 Å². The van der Waals surface area contributed by atoms with E-state index < -0.39 is 0 Å². The van der Waals surface area contributed by atoms with Crippen LogP contribution in [0.5, 0.6) is 0 Å². The zero-order valence-electron chi connectivity index (χ0n) is 12.6. The average Bonchev–Trinajstić information content (AvgIpc) is 2.40. The van der Waals surface area contributed by atoms with Gasteiger partial charge >= 0.3 is 0 Å². The molecule has 1 amide bonds. The molecule has 110 valence electrons. The number of amides is 1. The van der Waals surface area contributed by atoms with Crippen molar-refractivity contribution in [3.63, 3.8) is 0 Å². The summed E-state index contributed by atoms with van der Waals surface area (Å²) in [5, 5.41) is 6.64. The summed E-state index contributed by atoms with van der Waals surface area (Å²) in [7, 11) is 0. The first-order chi connectivity index (χ1) is 9.10. The fourth-order valence-electron chi connectivity index (χ4n) is 3.42. The van der Waals surface area contributed by atoms with E-state index in [9.17, 15) is 4.79 Å². The Morgan fingerprint density at radius 2 is 2.00 bits per heavy atom. The average molecular weight is 267 g/mol. The number of nitrogens with one attached hydrogen (secondary N) is 2. The molecule has 3 saturated heterocycles. The minimum absolute atomic E-state index is 0.0788. The number of hydrogen-bond donors (Lipinski definition) is 2. The zero-order valence-corrected chi connectivity index (χ0v) is 12.6. The maximum atomic E-state index is 12.1. The Kier molecular flexibility index (Phi) is 5.22. The van der Waals surface area contributed by atoms with E-state index in [1.807, 2.05) is 6.92 Å². The lowest BCUT2D eigenvalue weighted by Gasteiger charge is -2.45. The zero-order chi connectivity index (χ0) is 13.8. The minimum atomic E-state index is -0.0788. The summed E-state index contributed by atoms with van der Waals surface area (Å²) in [4.78, 5) is 14.6. The van der Waals surface area contributed by atoms with Crippen molar-refractivity contribution in [2.75, 3.05) is 19.6 Å². The van der Waals surface area contributed by atoms with E-state index >= 15 is 0 Å². The van der Waals surface area contributed by atoms with E-state index in [0.29, 0.717) is 6.04 Å². The topological polar surface area (TPSA) is 44.4 Å². The largest absolute Gasteiger partial charge is 0.352 e. The Morgan fingerprint density at radius 1 is 1.32 bits per heavy atom. The molecular weight excluding hydrogens is 238 g/mol. The molecule has 3 heterocycles. The van der Waals surface area contributed by atoms with E-state index in [1.54, 1.807) is 0 Å². The molecule has 3 atom stereocenters. The number of carbonyl (C=O) groups excluding carboxylic acids is 1. The molecule has 3 unspecified atom stereocenters. The lowest BCUT2D eigenvalue weighted by molar-refractivity contribution is -0.124. The van der Waals surface area contributed by atoms with Crippen LogP contribution < -0.4 is 10.6 Å². The highest BCUT2D eigenvalue weighted by Crippen LogP contribution is 2.27. The molecule has 3 aliphatic rings. The second kappa shape index (κ2) is 6.71. The molecule has 2 N–H and O–H groups in total. The minimum Gasteiger partial charge on any atom is -0.352 e. The van der Waals surface area contributed by atoms with Gasteiger partial charge in [-0.25, -0.2) is 0 Å². The van der Waals surface area contributed by atoms with Crippen LogP contribution in [0.1, 0.15) is 46.5 Å². The Bertz CT molecular complexity index is 300. The molecule has 0 aromatic carbocycles. The van der Waals surface area contributed by atoms with E-state index in [4.69, 9.17) is 0 Å². The quantitative estimate of drug-likeness (QED) is 0.764. The van der Waals surface area contributed by atoms with Gasteiger partial charge in [0.05, 0.1) is 6.04 Å². The summed E-state index contributed by atoms with van der Waals surface area (Å²) in [6.45, 7) is 9.84. The fourth-order valence-corrected chi connectivity index (χ4v) is 3.42. The van der Waals surface area contributed by atoms with Crippen LogP contribution in [0.2, 0.25) is 0 Å². The molecule has 19 heavy (non-hydrogen) atoms. The van der Waals surface area contributed by atoms with Crippen molar-refractivity contribution in [3.8, 4) is 0 Å². The van der Waals surface area contributed by atoms with Gasteiger partial charge in [0.2, 0.25) is 5.91 Å². The molecule has 3 rings (SSSR count). The number of nitrogens with zero attached hydrogens (tertiary/aromatic N) is 1. The third kappa shape index (κ3) is 3.93. The molecule has 3 fully saturated rings. The molecule has 0 saturated carbocycles. The molecule has 0 radical (unpaired) electrons. The van der Waals surface area contributed by atoms with Crippen molar-refractivity contribution >= 4 is 5.91 Å². The normalized spacial score (nSPS) is 32.9. The van der Waals surface area contributed by atoms with Crippen LogP contribution in [-0.2, 0) is 4.79 Å². The predicted molar refractivity (Wildman–Crippen MR) is 78.1 cm³/mol. The highest BCUT2D eigenvalue weighted by Gasteiger charge is 2.35. The first-order valence-corrected chi connectivity index (χ1v) is 7.89. The van der Waals surface area contributed by atoms with Crippen molar-refractivity contribution in [2.24, 2.45) is 5.92 Å². The van der Waals surface area contributed by atoms with Crippen molar-refractivity contribution in [1.29, 1.82) is 0 Å². The van der Waals surface area contributed by atoms with Gasteiger partial charge in [-0.05, 0) is 52.1 Å². The van der Waals surface area contributed by atoms with Crippen molar-refractivity contribution in [2.45, 2.75) is 64.6 Å². The SMILES string of the molecule is CCCC(C)NC(=O)C(C)NC1CN2CCC1CC2. The van der Waals surface area contributed by atoms with Gasteiger partial charge in [0.25, 0.3) is 0 Å². The third-order valence-electron chi connectivity index (χ3n) is 4.62. The van der Waals surface area contributed by atoms with E-state index in [-0.39, 0.29) is 18.0 Å². The highest BCUT2D eigenvalue weighted by molar-refractivity contribution is 5.81. The first-order valence-electron chi connectivity index (χ1n) is 7.89. The summed E-state index contributed by atoms with van der Waals surface area (Å²) < 4.78 is 0. The Labute approximate surface area is 117 Å². The molecule has 0 aliphatic carbocycles. The van der Waals surface area contributed by atoms with Gasteiger partial charge < -0.3 is 15.5 Å². The van der Waals surface area contributed by atoms with Gasteiger partial charge in [0, 0.05) is 18.6 Å². The Morgan fingerprint density at radius 3 is 2.53 bits per heavy atom. The second-order valence-electron chi connectivity index (χ2n) is 6.33. The lowest BCUT2D eigenvalue weighted by Crippen LogP contribution is -2.60. The van der Waals surface area contributed by atoms with E-state index in [2.05, 4.69) is 29.4 Å². The molecule has 4 heteroatoms. The number of carbonyl (C=O) groups is 1. The second-order valence-corrected chi connectivity index (χ2v) is 6.33. The maximum absolute atomic E-state index is 12.1. The summed E-state index contributed by atoms with van der Waals surface area (Å²) in [6.07, 6.45) is 4.75. The van der Waals surface area contributed by atoms with Crippen LogP contribution in [0, 0.1) is 5.92 Å². The molecular formula is C15H29N3O.